The molecule has 3 aromatic rings. The Morgan fingerprint density at radius 2 is 2.05 bits per heavy atom. The molecular formula is C16H13BrN2O3. The van der Waals surface area contributed by atoms with E-state index >= 15 is 0 Å². The number of halogens is 1. The van der Waals surface area contributed by atoms with Gasteiger partial charge in [0.2, 0.25) is 5.76 Å². The normalized spacial score (nSPS) is 10.6. The van der Waals surface area contributed by atoms with Crippen molar-refractivity contribution in [2.75, 3.05) is 0 Å². The summed E-state index contributed by atoms with van der Waals surface area (Å²) in [5.41, 5.74) is 0.934. The van der Waals surface area contributed by atoms with E-state index in [1.54, 1.807) is 23.0 Å². The molecule has 0 radical (unpaired) electrons. The van der Waals surface area contributed by atoms with E-state index in [1.807, 2.05) is 36.5 Å². The van der Waals surface area contributed by atoms with E-state index < -0.39 is 5.97 Å². The molecule has 0 N–H and O–H groups in total. The summed E-state index contributed by atoms with van der Waals surface area (Å²) in [4.78, 5) is 11.9. The van der Waals surface area contributed by atoms with E-state index in [0.717, 1.165) is 10.0 Å². The predicted octanol–water partition coefficient (Wildman–Crippen LogP) is 3.64. The molecule has 0 aliphatic heterocycles. The number of esters is 1. The Labute approximate surface area is 135 Å². The molecule has 1 aromatic carbocycles. The number of nitrogens with zero attached hydrogens (tertiary/aromatic N) is 2. The van der Waals surface area contributed by atoms with Gasteiger partial charge in [-0.3, -0.25) is 4.68 Å². The monoisotopic (exact) mass is 360 g/mol. The van der Waals surface area contributed by atoms with E-state index in [2.05, 4.69) is 21.0 Å². The highest BCUT2D eigenvalue weighted by atomic mass is 79.9. The van der Waals surface area contributed by atoms with Gasteiger partial charge in [0.15, 0.2) is 0 Å². The van der Waals surface area contributed by atoms with Crippen LogP contribution in [0.2, 0.25) is 0 Å². The summed E-state index contributed by atoms with van der Waals surface area (Å²) in [5, 5.41) is 4.13. The van der Waals surface area contributed by atoms with E-state index in [4.69, 9.17) is 9.15 Å². The highest BCUT2D eigenvalue weighted by molar-refractivity contribution is 9.10. The fourth-order valence-electron chi connectivity index (χ4n) is 1.95. The number of rotatable bonds is 5. The van der Waals surface area contributed by atoms with Gasteiger partial charge in [-0.15, -0.1) is 0 Å². The molecule has 2 aromatic heterocycles. The minimum absolute atomic E-state index is 0.192. The van der Waals surface area contributed by atoms with Crippen LogP contribution in [0.3, 0.4) is 0 Å². The molecule has 0 bridgehead atoms. The van der Waals surface area contributed by atoms with Crippen molar-refractivity contribution < 1.29 is 13.9 Å². The SMILES string of the molecule is O=C(OCc1ccccc1)c1ccc(Cn2cc(Br)cn2)o1. The van der Waals surface area contributed by atoms with Crippen LogP contribution in [0.15, 0.2) is 63.7 Å². The molecular weight excluding hydrogens is 348 g/mol. The molecule has 6 heteroatoms. The van der Waals surface area contributed by atoms with Crippen LogP contribution in [-0.4, -0.2) is 15.7 Å². The quantitative estimate of drug-likeness (QED) is 0.651. The van der Waals surface area contributed by atoms with Gasteiger partial charge in [0, 0.05) is 6.20 Å². The zero-order chi connectivity index (χ0) is 15.4. The van der Waals surface area contributed by atoms with Crippen molar-refractivity contribution in [3.05, 3.63) is 76.4 Å². The van der Waals surface area contributed by atoms with Crippen LogP contribution in [0.5, 0.6) is 0 Å². The largest absolute Gasteiger partial charge is 0.455 e. The molecule has 112 valence electrons. The van der Waals surface area contributed by atoms with Crippen LogP contribution in [0.1, 0.15) is 21.9 Å². The average molecular weight is 361 g/mol. The number of benzene rings is 1. The lowest BCUT2D eigenvalue weighted by molar-refractivity contribution is 0.0434. The number of hydrogen-bond donors (Lipinski definition) is 0. The lowest BCUT2D eigenvalue weighted by Gasteiger charge is -2.02. The average Bonchev–Trinajstić information content (AvgIpc) is 3.16. The second kappa shape index (κ2) is 6.62. The summed E-state index contributed by atoms with van der Waals surface area (Å²) in [6, 6.07) is 12.9. The molecule has 0 aliphatic carbocycles. The predicted molar refractivity (Wildman–Crippen MR) is 83.3 cm³/mol. The number of ether oxygens (including phenoxy) is 1. The summed E-state index contributed by atoms with van der Waals surface area (Å²) >= 11 is 3.33. The Hall–Kier alpha value is -2.34. The number of aromatic nitrogens is 2. The van der Waals surface area contributed by atoms with Crippen LogP contribution in [0.25, 0.3) is 0 Å². The standard InChI is InChI=1S/C16H13BrN2O3/c17-13-8-18-19(9-13)10-14-6-7-15(22-14)16(20)21-11-12-4-2-1-3-5-12/h1-9H,10-11H2. The van der Waals surface area contributed by atoms with Gasteiger partial charge >= 0.3 is 5.97 Å². The molecule has 0 atom stereocenters. The second-order valence-electron chi connectivity index (χ2n) is 4.68. The van der Waals surface area contributed by atoms with Gasteiger partial charge < -0.3 is 9.15 Å². The third-order valence-corrected chi connectivity index (χ3v) is 3.40. The Balaban J connectivity index is 1.59. The number of hydrogen-bond acceptors (Lipinski definition) is 4. The van der Waals surface area contributed by atoms with Crippen molar-refractivity contribution in [3.63, 3.8) is 0 Å². The summed E-state index contributed by atoms with van der Waals surface area (Å²) in [7, 11) is 0. The van der Waals surface area contributed by atoms with E-state index in [-0.39, 0.29) is 12.4 Å². The van der Waals surface area contributed by atoms with Crippen molar-refractivity contribution in [1.29, 1.82) is 0 Å². The summed E-state index contributed by atoms with van der Waals surface area (Å²) in [6.45, 7) is 0.680. The number of furan rings is 1. The third-order valence-electron chi connectivity index (χ3n) is 3.00. The lowest BCUT2D eigenvalue weighted by atomic mass is 10.2. The van der Waals surface area contributed by atoms with Crippen LogP contribution in [0.4, 0.5) is 0 Å². The first-order chi connectivity index (χ1) is 10.7. The molecule has 0 aliphatic rings. The summed E-state index contributed by atoms with van der Waals surface area (Å²) in [6.07, 6.45) is 3.52. The molecule has 0 saturated heterocycles. The molecule has 0 unspecified atom stereocenters. The van der Waals surface area contributed by atoms with Crippen molar-refractivity contribution in [3.8, 4) is 0 Å². The van der Waals surface area contributed by atoms with Gasteiger partial charge in [0.1, 0.15) is 12.4 Å². The van der Waals surface area contributed by atoms with Crippen LogP contribution < -0.4 is 0 Å². The number of carbonyl (C=O) groups is 1. The molecule has 0 saturated carbocycles. The van der Waals surface area contributed by atoms with Gasteiger partial charge in [-0.05, 0) is 33.6 Å². The Morgan fingerprint density at radius 3 is 2.77 bits per heavy atom. The summed E-state index contributed by atoms with van der Waals surface area (Å²) < 4.78 is 13.3. The molecule has 22 heavy (non-hydrogen) atoms. The highest BCUT2D eigenvalue weighted by Gasteiger charge is 2.13. The Kier molecular flexibility index (Phi) is 4.39. The first-order valence-corrected chi connectivity index (χ1v) is 7.48. The topological polar surface area (TPSA) is 57.3 Å². The van der Waals surface area contributed by atoms with Gasteiger partial charge in [0.05, 0.1) is 17.2 Å². The van der Waals surface area contributed by atoms with Crippen molar-refractivity contribution in [2.45, 2.75) is 13.2 Å². The molecule has 0 spiro atoms. The van der Waals surface area contributed by atoms with Crippen molar-refractivity contribution >= 4 is 21.9 Å². The molecule has 0 amide bonds. The van der Waals surface area contributed by atoms with Crippen LogP contribution in [0, 0.1) is 0 Å². The van der Waals surface area contributed by atoms with Gasteiger partial charge in [-0.1, -0.05) is 30.3 Å². The van der Waals surface area contributed by atoms with Gasteiger partial charge in [0.25, 0.3) is 0 Å². The first kappa shape index (κ1) is 14.6. The lowest BCUT2D eigenvalue weighted by Crippen LogP contribution is -2.04. The van der Waals surface area contributed by atoms with Crippen LogP contribution in [-0.2, 0) is 17.9 Å². The number of carbonyl (C=O) groups excluding carboxylic acids is 1. The maximum absolute atomic E-state index is 11.9. The Bertz CT molecular complexity index is 765. The van der Waals surface area contributed by atoms with Gasteiger partial charge in [-0.25, -0.2) is 4.79 Å². The minimum atomic E-state index is -0.475. The van der Waals surface area contributed by atoms with E-state index in [1.165, 1.54) is 0 Å². The fraction of sp³-hybridized carbons (Fsp3) is 0.125. The van der Waals surface area contributed by atoms with E-state index in [9.17, 15) is 4.79 Å². The van der Waals surface area contributed by atoms with Crippen LogP contribution >= 0.6 is 15.9 Å². The van der Waals surface area contributed by atoms with Crippen molar-refractivity contribution in [2.24, 2.45) is 0 Å². The highest BCUT2D eigenvalue weighted by Crippen LogP contribution is 2.13. The molecule has 2 heterocycles. The Morgan fingerprint density at radius 1 is 1.23 bits per heavy atom. The summed E-state index contributed by atoms with van der Waals surface area (Å²) in [5.74, 6) is 0.358. The zero-order valence-electron chi connectivity index (χ0n) is 11.6. The van der Waals surface area contributed by atoms with E-state index in [0.29, 0.717) is 12.3 Å². The fourth-order valence-corrected chi connectivity index (χ4v) is 2.28. The van der Waals surface area contributed by atoms with Crippen molar-refractivity contribution in [1.82, 2.24) is 9.78 Å². The molecule has 5 nitrogen and oxygen atoms in total. The molecule has 3 rings (SSSR count). The second-order valence-corrected chi connectivity index (χ2v) is 5.60. The zero-order valence-corrected chi connectivity index (χ0v) is 13.2. The maximum atomic E-state index is 11.9. The third kappa shape index (κ3) is 3.65. The minimum Gasteiger partial charge on any atom is -0.455 e. The molecule has 0 fully saturated rings. The van der Waals surface area contributed by atoms with Gasteiger partial charge in [-0.2, -0.15) is 5.10 Å². The maximum Gasteiger partial charge on any atom is 0.374 e. The smallest absolute Gasteiger partial charge is 0.374 e. The first-order valence-electron chi connectivity index (χ1n) is 6.68.